The largest absolute Gasteiger partial charge is 0.497 e. The molecule has 0 aliphatic carbocycles. The summed E-state index contributed by atoms with van der Waals surface area (Å²) in [6, 6.07) is 13.1. The summed E-state index contributed by atoms with van der Waals surface area (Å²) in [4.78, 5) is 16.9. The van der Waals surface area contributed by atoms with Crippen LogP contribution in [0.25, 0.3) is 11.0 Å². The molecule has 1 amide bonds. The van der Waals surface area contributed by atoms with Crippen LogP contribution < -0.4 is 10.1 Å². The van der Waals surface area contributed by atoms with Gasteiger partial charge in [0.15, 0.2) is 0 Å². The summed E-state index contributed by atoms with van der Waals surface area (Å²) < 4.78 is 7.23. The molecule has 118 valence electrons. The molecule has 0 aliphatic heterocycles. The van der Waals surface area contributed by atoms with Crippen LogP contribution in [0.1, 0.15) is 22.8 Å². The third kappa shape index (κ3) is 2.90. The van der Waals surface area contributed by atoms with Crippen molar-refractivity contribution in [3.8, 4) is 5.75 Å². The monoisotopic (exact) mass is 309 g/mol. The van der Waals surface area contributed by atoms with Crippen LogP contribution in [0.2, 0.25) is 0 Å². The molecule has 1 heterocycles. The number of methoxy groups -OCH3 is 1. The number of nitrogens with zero attached hydrogens (tertiary/aromatic N) is 2. The Morgan fingerprint density at radius 3 is 2.61 bits per heavy atom. The van der Waals surface area contributed by atoms with Gasteiger partial charge in [-0.05, 0) is 38.1 Å². The predicted octanol–water partition coefficient (Wildman–Crippen LogP) is 3.63. The Labute approximate surface area is 134 Å². The van der Waals surface area contributed by atoms with Crippen LogP contribution in [-0.4, -0.2) is 22.6 Å². The van der Waals surface area contributed by atoms with Gasteiger partial charge in [0.2, 0.25) is 5.95 Å². The lowest BCUT2D eigenvalue weighted by Crippen LogP contribution is -2.15. The Balaban J connectivity index is 1.96. The highest BCUT2D eigenvalue weighted by Crippen LogP contribution is 2.24. The number of carbonyl (C=O) groups excluding carboxylic acids is 1. The number of imidazole rings is 1. The number of benzene rings is 2. The van der Waals surface area contributed by atoms with Crippen molar-refractivity contribution in [3.05, 3.63) is 53.6 Å². The number of nitrogens with one attached hydrogen (secondary N) is 1. The van der Waals surface area contributed by atoms with Crippen molar-refractivity contribution >= 4 is 22.9 Å². The van der Waals surface area contributed by atoms with Crippen LogP contribution in [0.15, 0.2) is 42.5 Å². The van der Waals surface area contributed by atoms with Crippen molar-refractivity contribution in [1.82, 2.24) is 9.55 Å². The van der Waals surface area contributed by atoms with Crippen LogP contribution in [-0.2, 0) is 6.54 Å². The second-order valence-corrected chi connectivity index (χ2v) is 5.35. The van der Waals surface area contributed by atoms with Crippen molar-refractivity contribution in [1.29, 1.82) is 0 Å². The molecule has 23 heavy (non-hydrogen) atoms. The molecule has 2 aromatic carbocycles. The predicted molar refractivity (Wildman–Crippen MR) is 91.1 cm³/mol. The molecule has 0 saturated carbocycles. The summed E-state index contributed by atoms with van der Waals surface area (Å²) in [5.41, 5.74) is 3.50. The number of ether oxygens (including phenoxy) is 1. The highest BCUT2D eigenvalue weighted by Gasteiger charge is 2.14. The minimum atomic E-state index is -0.165. The summed E-state index contributed by atoms with van der Waals surface area (Å²) in [7, 11) is 1.63. The average molecular weight is 309 g/mol. The van der Waals surface area contributed by atoms with Gasteiger partial charge in [-0.25, -0.2) is 4.98 Å². The molecule has 1 N–H and O–H groups in total. The quantitative estimate of drug-likeness (QED) is 0.800. The summed E-state index contributed by atoms with van der Waals surface area (Å²) in [5.74, 6) is 1.15. The smallest absolute Gasteiger partial charge is 0.257 e. The van der Waals surface area contributed by atoms with Gasteiger partial charge < -0.3 is 9.30 Å². The molecular formula is C18H19N3O2. The van der Waals surface area contributed by atoms with E-state index in [-0.39, 0.29) is 5.91 Å². The molecule has 3 aromatic rings. The number of aryl methyl sites for hydroxylation is 2. The van der Waals surface area contributed by atoms with Gasteiger partial charge in [0.05, 0.1) is 18.1 Å². The first-order chi connectivity index (χ1) is 11.1. The Morgan fingerprint density at radius 2 is 1.96 bits per heavy atom. The minimum Gasteiger partial charge on any atom is -0.497 e. The zero-order chi connectivity index (χ0) is 16.4. The fourth-order valence-electron chi connectivity index (χ4n) is 2.52. The molecule has 0 bridgehead atoms. The summed E-state index contributed by atoms with van der Waals surface area (Å²) in [6.07, 6.45) is 0. The zero-order valence-electron chi connectivity index (χ0n) is 13.5. The lowest BCUT2D eigenvalue weighted by atomic mass is 10.1. The van der Waals surface area contributed by atoms with Gasteiger partial charge in [-0.15, -0.1) is 0 Å². The number of hydrogen-bond acceptors (Lipinski definition) is 3. The second-order valence-electron chi connectivity index (χ2n) is 5.35. The third-order valence-electron chi connectivity index (χ3n) is 3.81. The number of hydrogen-bond donors (Lipinski definition) is 1. The van der Waals surface area contributed by atoms with Gasteiger partial charge in [0, 0.05) is 18.2 Å². The van der Waals surface area contributed by atoms with E-state index >= 15 is 0 Å². The lowest BCUT2D eigenvalue weighted by Gasteiger charge is -2.08. The highest BCUT2D eigenvalue weighted by molar-refractivity contribution is 6.04. The van der Waals surface area contributed by atoms with Gasteiger partial charge in [-0.1, -0.05) is 17.7 Å². The highest BCUT2D eigenvalue weighted by atomic mass is 16.5. The van der Waals surface area contributed by atoms with E-state index in [2.05, 4.69) is 10.3 Å². The van der Waals surface area contributed by atoms with Crippen molar-refractivity contribution in [2.24, 2.45) is 0 Å². The number of aromatic nitrogens is 2. The lowest BCUT2D eigenvalue weighted by molar-refractivity contribution is 0.102. The number of fused-ring (bicyclic) bond motifs is 1. The number of carbonyl (C=O) groups is 1. The summed E-state index contributed by atoms with van der Waals surface area (Å²) in [6.45, 7) is 4.71. The SMILES string of the molecule is CCn1c(NC(=O)c2ccc(C)cc2)nc2ccc(OC)cc21. The molecule has 3 rings (SSSR count). The van der Waals surface area contributed by atoms with Gasteiger partial charge in [0.1, 0.15) is 5.75 Å². The first-order valence-corrected chi connectivity index (χ1v) is 7.54. The van der Waals surface area contributed by atoms with E-state index in [0.29, 0.717) is 18.1 Å². The third-order valence-corrected chi connectivity index (χ3v) is 3.81. The van der Waals surface area contributed by atoms with Gasteiger partial charge in [0.25, 0.3) is 5.91 Å². The van der Waals surface area contributed by atoms with Gasteiger partial charge in [-0.3, -0.25) is 10.1 Å². The average Bonchev–Trinajstić information content (AvgIpc) is 2.91. The Bertz CT molecular complexity index is 851. The van der Waals surface area contributed by atoms with Crippen LogP contribution in [0.3, 0.4) is 0 Å². The second kappa shape index (κ2) is 6.12. The van der Waals surface area contributed by atoms with Crippen LogP contribution in [0.4, 0.5) is 5.95 Å². The molecular weight excluding hydrogens is 290 g/mol. The molecule has 1 aromatic heterocycles. The first kappa shape index (κ1) is 15.1. The van der Waals surface area contributed by atoms with Crippen LogP contribution in [0, 0.1) is 6.92 Å². The maximum Gasteiger partial charge on any atom is 0.257 e. The van der Waals surface area contributed by atoms with E-state index in [0.717, 1.165) is 22.3 Å². The van der Waals surface area contributed by atoms with E-state index in [9.17, 15) is 4.79 Å². The molecule has 5 nitrogen and oxygen atoms in total. The Kier molecular flexibility index (Phi) is 4.02. The van der Waals surface area contributed by atoms with E-state index < -0.39 is 0 Å². The van der Waals surface area contributed by atoms with Crippen molar-refractivity contribution in [2.75, 3.05) is 12.4 Å². The minimum absolute atomic E-state index is 0.165. The summed E-state index contributed by atoms with van der Waals surface area (Å²) >= 11 is 0. The van der Waals surface area contributed by atoms with Crippen LogP contribution in [0.5, 0.6) is 5.75 Å². The molecule has 0 fully saturated rings. The Morgan fingerprint density at radius 1 is 1.22 bits per heavy atom. The van der Waals surface area contributed by atoms with Gasteiger partial charge in [-0.2, -0.15) is 0 Å². The van der Waals surface area contributed by atoms with Crippen molar-refractivity contribution in [2.45, 2.75) is 20.4 Å². The molecule has 0 aliphatic rings. The van der Waals surface area contributed by atoms with E-state index in [1.165, 1.54) is 0 Å². The molecule has 0 radical (unpaired) electrons. The fourth-order valence-corrected chi connectivity index (χ4v) is 2.52. The molecule has 0 atom stereocenters. The maximum absolute atomic E-state index is 12.4. The summed E-state index contributed by atoms with van der Waals surface area (Å²) in [5, 5.41) is 2.90. The molecule has 0 saturated heterocycles. The first-order valence-electron chi connectivity index (χ1n) is 7.54. The van der Waals surface area contributed by atoms with E-state index in [4.69, 9.17) is 4.74 Å². The topological polar surface area (TPSA) is 56.2 Å². The molecule has 0 spiro atoms. The van der Waals surface area contributed by atoms with E-state index in [1.54, 1.807) is 7.11 Å². The molecule has 5 heteroatoms. The zero-order valence-corrected chi connectivity index (χ0v) is 13.5. The number of anilines is 1. The Hall–Kier alpha value is -2.82. The maximum atomic E-state index is 12.4. The molecule has 0 unspecified atom stereocenters. The van der Waals surface area contributed by atoms with Gasteiger partial charge >= 0.3 is 0 Å². The standard InChI is InChI=1S/C18H19N3O2/c1-4-21-16-11-14(23-3)9-10-15(16)19-18(21)20-17(22)13-7-5-12(2)6-8-13/h5-11H,4H2,1-3H3,(H,19,20,22). The van der Waals surface area contributed by atoms with Crippen molar-refractivity contribution in [3.63, 3.8) is 0 Å². The number of amides is 1. The normalized spacial score (nSPS) is 10.7. The fraction of sp³-hybridized carbons (Fsp3) is 0.222. The van der Waals surface area contributed by atoms with Crippen molar-refractivity contribution < 1.29 is 9.53 Å². The van der Waals surface area contributed by atoms with Crippen LogP contribution >= 0.6 is 0 Å². The number of rotatable bonds is 4. The van der Waals surface area contributed by atoms with E-state index in [1.807, 2.05) is 60.9 Å².